The summed E-state index contributed by atoms with van der Waals surface area (Å²) in [5.74, 6) is -0.391. The summed E-state index contributed by atoms with van der Waals surface area (Å²) < 4.78 is 18.7. The topological polar surface area (TPSA) is 49.9 Å². The summed E-state index contributed by atoms with van der Waals surface area (Å²) in [4.78, 5) is 27.8. The van der Waals surface area contributed by atoms with Gasteiger partial charge in [-0.15, -0.1) is 0 Å². The Kier molecular flexibility index (Phi) is 5.21. The van der Waals surface area contributed by atoms with E-state index in [0.29, 0.717) is 24.1 Å². The van der Waals surface area contributed by atoms with Gasteiger partial charge in [-0.1, -0.05) is 12.1 Å². The maximum atomic E-state index is 13.8. The Morgan fingerprint density at radius 2 is 2.08 bits per heavy atom. The molecule has 1 fully saturated rings. The standard InChI is InChI=1S/C20H21FN2O3/c1-22(13-14-8-9-18(26-2)17(21)11-14)20(25)15-5-3-6-16(12-15)23-10-4-7-19(23)24/h3,5-6,8-9,11-12H,4,7,10,13H2,1-2H3. The highest BCUT2D eigenvalue weighted by atomic mass is 19.1. The number of benzene rings is 2. The molecule has 5 nitrogen and oxygen atoms in total. The molecule has 2 amide bonds. The van der Waals surface area contributed by atoms with Gasteiger partial charge in [-0.2, -0.15) is 0 Å². The van der Waals surface area contributed by atoms with Gasteiger partial charge < -0.3 is 14.5 Å². The summed E-state index contributed by atoms with van der Waals surface area (Å²) >= 11 is 0. The Hall–Kier alpha value is -2.89. The van der Waals surface area contributed by atoms with E-state index in [4.69, 9.17) is 4.74 Å². The molecule has 1 saturated heterocycles. The van der Waals surface area contributed by atoms with Crippen molar-refractivity contribution in [2.24, 2.45) is 0 Å². The molecule has 0 bridgehead atoms. The summed E-state index contributed by atoms with van der Waals surface area (Å²) in [6, 6.07) is 11.7. The molecule has 0 aliphatic carbocycles. The van der Waals surface area contributed by atoms with E-state index in [1.807, 2.05) is 6.07 Å². The van der Waals surface area contributed by atoms with Crippen molar-refractivity contribution in [1.82, 2.24) is 4.90 Å². The first-order valence-corrected chi connectivity index (χ1v) is 8.48. The van der Waals surface area contributed by atoms with Gasteiger partial charge in [-0.05, 0) is 42.3 Å². The SMILES string of the molecule is COc1ccc(CN(C)C(=O)c2cccc(N3CCCC3=O)c2)cc1F. The molecule has 0 saturated carbocycles. The molecule has 136 valence electrons. The molecule has 2 aromatic rings. The first kappa shape index (κ1) is 17.9. The van der Waals surface area contributed by atoms with Crippen molar-refractivity contribution in [1.29, 1.82) is 0 Å². The molecular weight excluding hydrogens is 335 g/mol. The average molecular weight is 356 g/mol. The number of halogens is 1. The predicted molar refractivity (Wildman–Crippen MR) is 96.8 cm³/mol. The van der Waals surface area contributed by atoms with Crippen LogP contribution in [0.15, 0.2) is 42.5 Å². The van der Waals surface area contributed by atoms with E-state index in [1.54, 1.807) is 42.3 Å². The molecule has 1 heterocycles. The number of nitrogens with zero attached hydrogens (tertiary/aromatic N) is 2. The van der Waals surface area contributed by atoms with Crippen molar-refractivity contribution in [2.75, 3.05) is 25.6 Å². The molecule has 0 unspecified atom stereocenters. The lowest BCUT2D eigenvalue weighted by molar-refractivity contribution is -0.117. The van der Waals surface area contributed by atoms with Gasteiger partial charge >= 0.3 is 0 Å². The van der Waals surface area contributed by atoms with Gasteiger partial charge in [-0.25, -0.2) is 4.39 Å². The largest absolute Gasteiger partial charge is 0.494 e. The molecular formula is C20H21FN2O3. The smallest absolute Gasteiger partial charge is 0.253 e. The molecule has 0 radical (unpaired) electrons. The highest BCUT2D eigenvalue weighted by molar-refractivity contribution is 5.99. The minimum atomic E-state index is -0.458. The Balaban J connectivity index is 1.74. The summed E-state index contributed by atoms with van der Waals surface area (Å²) in [6.45, 7) is 0.948. The number of rotatable bonds is 5. The summed E-state index contributed by atoms with van der Waals surface area (Å²) in [6.07, 6.45) is 1.38. The first-order valence-electron chi connectivity index (χ1n) is 8.48. The van der Waals surface area contributed by atoms with Crippen LogP contribution in [-0.4, -0.2) is 37.4 Å². The van der Waals surface area contributed by atoms with Crippen molar-refractivity contribution in [3.63, 3.8) is 0 Å². The Morgan fingerprint density at radius 3 is 2.73 bits per heavy atom. The van der Waals surface area contributed by atoms with Crippen LogP contribution in [0.25, 0.3) is 0 Å². The Labute approximate surface area is 152 Å². The maximum absolute atomic E-state index is 13.8. The molecule has 6 heteroatoms. The quantitative estimate of drug-likeness (QED) is 0.826. The van der Waals surface area contributed by atoms with E-state index in [0.717, 1.165) is 12.1 Å². The number of hydrogen-bond donors (Lipinski definition) is 0. The minimum absolute atomic E-state index is 0.0802. The van der Waals surface area contributed by atoms with E-state index < -0.39 is 5.82 Å². The second-order valence-electron chi connectivity index (χ2n) is 6.33. The fourth-order valence-corrected chi connectivity index (χ4v) is 3.10. The van der Waals surface area contributed by atoms with E-state index in [-0.39, 0.29) is 24.1 Å². The van der Waals surface area contributed by atoms with Crippen molar-refractivity contribution in [3.8, 4) is 5.75 Å². The predicted octanol–water partition coefficient (Wildman–Crippen LogP) is 3.23. The highest BCUT2D eigenvalue weighted by Crippen LogP contribution is 2.23. The fourth-order valence-electron chi connectivity index (χ4n) is 3.10. The number of carbonyl (C=O) groups is 2. The van der Waals surface area contributed by atoms with Crippen LogP contribution in [-0.2, 0) is 11.3 Å². The van der Waals surface area contributed by atoms with E-state index in [9.17, 15) is 14.0 Å². The minimum Gasteiger partial charge on any atom is -0.494 e. The molecule has 0 spiro atoms. The lowest BCUT2D eigenvalue weighted by atomic mass is 10.1. The van der Waals surface area contributed by atoms with Gasteiger partial charge in [0.1, 0.15) is 0 Å². The summed E-state index contributed by atoms with van der Waals surface area (Å²) in [7, 11) is 3.07. The van der Waals surface area contributed by atoms with Gasteiger partial charge in [0.25, 0.3) is 5.91 Å². The van der Waals surface area contributed by atoms with Gasteiger partial charge in [-0.3, -0.25) is 9.59 Å². The molecule has 3 rings (SSSR count). The molecule has 1 aliphatic heterocycles. The number of carbonyl (C=O) groups excluding carboxylic acids is 2. The molecule has 26 heavy (non-hydrogen) atoms. The Morgan fingerprint density at radius 1 is 1.27 bits per heavy atom. The van der Waals surface area contributed by atoms with E-state index in [1.165, 1.54) is 18.1 Å². The molecule has 2 aromatic carbocycles. The third-order valence-electron chi connectivity index (χ3n) is 4.46. The number of hydrogen-bond acceptors (Lipinski definition) is 3. The Bertz CT molecular complexity index is 838. The number of methoxy groups -OCH3 is 1. The zero-order valence-electron chi connectivity index (χ0n) is 14.9. The van der Waals surface area contributed by atoms with Crippen LogP contribution < -0.4 is 9.64 Å². The van der Waals surface area contributed by atoms with Gasteiger partial charge in [0.05, 0.1) is 7.11 Å². The van der Waals surface area contributed by atoms with Crippen LogP contribution in [0, 0.1) is 5.82 Å². The summed E-state index contributed by atoms with van der Waals surface area (Å²) in [5.41, 5.74) is 1.91. The third kappa shape index (κ3) is 3.69. The van der Waals surface area contributed by atoms with Crippen LogP contribution in [0.4, 0.5) is 10.1 Å². The zero-order chi connectivity index (χ0) is 18.7. The normalized spacial score (nSPS) is 13.8. The van der Waals surface area contributed by atoms with Crippen molar-refractivity contribution in [2.45, 2.75) is 19.4 Å². The van der Waals surface area contributed by atoms with Gasteiger partial charge in [0, 0.05) is 37.8 Å². The van der Waals surface area contributed by atoms with E-state index >= 15 is 0 Å². The van der Waals surface area contributed by atoms with E-state index in [2.05, 4.69) is 0 Å². The highest BCUT2D eigenvalue weighted by Gasteiger charge is 2.22. The van der Waals surface area contributed by atoms with Crippen LogP contribution in [0.2, 0.25) is 0 Å². The lowest BCUT2D eigenvalue weighted by Gasteiger charge is -2.20. The van der Waals surface area contributed by atoms with Crippen LogP contribution in [0.5, 0.6) is 5.75 Å². The molecule has 1 aliphatic rings. The van der Waals surface area contributed by atoms with Crippen molar-refractivity contribution < 1.29 is 18.7 Å². The fraction of sp³-hybridized carbons (Fsp3) is 0.300. The van der Waals surface area contributed by atoms with Crippen molar-refractivity contribution >= 4 is 17.5 Å². The third-order valence-corrected chi connectivity index (χ3v) is 4.46. The zero-order valence-corrected chi connectivity index (χ0v) is 14.9. The number of ether oxygens (including phenoxy) is 1. The first-order chi connectivity index (χ1) is 12.5. The van der Waals surface area contributed by atoms with Crippen molar-refractivity contribution in [3.05, 3.63) is 59.4 Å². The monoisotopic (exact) mass is 356 g/mol. The maximum Gasteiger partial charge on any atom is 0.253 e. The van der Waals surface area contributed by atoms with Crippen LogP contribution in [0.3, 0.4) is 0 Å². The second-order valence-corrected chi connectivity index (χ2v) is 6.33. The molecule has 0 aromatic heterocycles. The van der Waals surface area contributed by atoms with Gasteiger partial charge in [0.15, 0.2) is 11.6 Å². The molecule has 0 atom stereocenters. The van der Waals surface area contributed by atoms with Gasteiger partial charge in [0.2, 0.25) is 5.91 Å². The number of amides is 2. The lowest BCUT2D eigenvalue weighted by Crippen LogP contribution is -2.27. The average Bonchev–Trinajstić information content (AvgIpc) is 3.07. The van der Waals surface area contributed by atoms with Crippen LogP contribution in [0.1, 0.15) is 28.8 Å². The summed E-state index contributed by atoms with van der Waals surface area (Å²) in [5, 5.41) is 0. The second kappa shape index (κ2) is 7.56. The van der Waals surface area contributed by atoms with Crippen LogP contribution >= 0.6 is 0 Å². The number of anilines is 1. The molecule has 0 N–H and O–H groups in total.